The Kier molecular flexibility index (Phi) is 3.43. The Bertz CT molecular complexity index is 796. The largest absolute Gasteiger partial charge is 0.386 e. The summed E-state index contributed by atoms with van der Waals surface area (Å²) >= 11 is 0. The van der Waals surface area contributed by atoms with Crippen molar-refractivity contribution in [1.29, 1.82) is 5.41 Å². The molecule has 1 aliphatic rings. The van der Waals surface area contributed by atoms with Gasteiger partial charge in [-0.25, -0.2) is 8.42 Å². The fourth-order valence-electron chi connectivity index (χ4n) is 2.89. The molecule has 3 rings (SSSR count). The number of nitrogens with one attached hydrogen (secondary N) is 1. The van der Waals surface area contributed by atoms with Crippen molar-refractivity contribution in [2.24, 2.45) is 5.73 Å². The molecular formula is C15H17N3O2S. The molecule has 2 aromatic carbocycles. The van der Waals surface area contributed by atoms with Crippen LogP contribution in [0.2, 0.25) is 0 Å². The van der Waals surface area contributed by atoms with Crippen molar-refractivity contribution in [3.63, 3.8) is 0 Å². The minimum atomic E-state index is -3.65. The van der Waals surface area contributed by atoms with Crippen LogP contribution >= 0.6 is 0 Å². The van der Waals surface area contributed by atoms with Crippen LogP contribution in [0.4, 0.5) is 0 Å². The fraction of sp³-hybridized carbons (Fsp3) is 0.267. The molecule has 6 heteroatoms. The number of benzene rings is 2. The normalized spacial score (nSPS) is 19.9. The number of rotatable bonds is 3. The topological polar surface area (TPSA) is 87.2 Å². The molecular weight excluding hydrogens is 286 g/mol. The smallest absolute Gasteiger partial charge is 0.244 e. The average molecular weight is 303 g/mol. The molecule has 0 bridgehead atoms. The van der Waals surface area contributed by atoms with Crippen LogP contribution in [-0.2, 0) is 10.0 Å². The second kappa shape index (κ2) is 5.13. The van der Waals surface area contributed by atoms with Crippen LogP contribution < -0.4 is 5.73 Å². The summed E-state index contributed by atoms with van der Waals surface area (Å²) in [4.78, 5) is 0.286. The predicted molar refractivity (Wildman–Crippen MR) is 82.8 cm³/mol. The Balaban J connectivity index is 2.15. The van der Waals surface area contributed by atoms with Crippen molar-refractivity contribution < 1.29 is 8.42 Å². The van der Waals surface area contributed by atoms with Crippen LogP contribution in [0, 0.1) is 5.41 Å². The zero-order valence-electron chi connectivity index (χ0n) is 11.5. The van der Waals surface area contributed by atoms with E-state index in [4.69, 9.17) is 11.1 Å². The van der Waals surface area contributed by atoms with Crippen molar-refractivity contribution in [3.8, 4) is 0 Å². The first-order chi connectivity index (χ1) is 10.0. The molecule has 2 aromatic rings. The Morgan fingerprint density at radius 3 is 2.67 bits per heavy atom. The van der Waals surface area contributed by atoms with Crippen LogP contribution in [0.5, 0.6) is 0 Å². The van der Waals surface area contributed by atoms with Crippen LogP contribution in [0.1, 0.15) is 12.8 Å². The molecule has 1 aliphatic heterocycles. The van der Waals surface area contributed by atoms with E-state index >= 15 is 0 Å². The van der Waals surface area contributed by atoms with E-state index < -0.39 is 16.1 Å². The van der Waals surface area contributed by atoms with Crippen LogP contribution in [0.15, 0.2) is 47.4 Å². The Hall–Kier alpha value is -1.92. The number of nitrogens with zero attached hydrogens (tertiary/aromatic N) is 1. The third-order valence-electron chi connectivity index (χ3n) is 3.90. The molecule has 0 spiro atoms. The summed E-state index contributed by atoms with van der Waals surface area (Å²) in [5.74, 6) is -0.0867. The van der Waals surface area contributed by atoms with Gasteiger partial charge in [0.05, 0.1) is 10.9 Å². The molecule has 0 radical (unpaired) electrons. The molecule has 5 nitrogen and oxygen atoms in total. The maximum absolute atomic E-state index is 12.9. The Labute approximate surface area is 123 Å². The summed E-state index contributed by atoms with van der Waals surface area (Å²) in [7, 11) is -3.65. The third-order valence-corrected chi connectivity index (χ3v) is 5.87. The molecule has 1 heterocycles. The number of hydrogen-bond donors (Lipinski definition) is 2. The van der Waals surface area contributed by atoms with Crippen LogP contribution in [0.3, 0.4) is 0 Å². The van der Waals surface area contributed by atoms with Gasteiger partial charge in [-0.1, -0.05) is 36.4 Å². The summed E-state index contributed by atoms with van der Waals surface area (Å²) in [6, 6.07) is 12.1. The minimum absolute atomic E-state index is 0.0867. The molecule has 0 amide bonds. The highest BCUT2D eigenvalue weighted by molar-refractivity contribution is 7.89. The predicted octanol–water partition coefficient (Wildman–Crippen LogP) is 1.93. The first-order valence-corrected chi connectivity index (χ1v) is 8.29. The molecule has 0 aromatic heterocycles. The standard InChI is InChI=1S/C15H17N3O2S/c16-15(17)13-8-4-10-18(13)21(19,20)14-9-3-6-11-5-1-2-7-12(11)14/h1-3,5-7,9,13H,4,8,10H2,(H3,16,17). The molecule has 0 saturated carbocycles. The second-order valence-electron chi connectivity index (χ2n) is 5.21. The maximum Gasteiger partial charge on any atom is 0.244 e. The molecule has 110 valence electrons. The zero-order valence-corrected chi connectivity index (χ0v) is 12.3. The lowest BCUT2D eigenvalue weighted by Gasteiger charge is -2.23. The summed E-state index contributed by atoms with van der Waals surface area (Å²) < 4.78 is 27.2. The number of nitrogens with two attached hydrogens (primary N) is 1. The van der Waals surface area contributed by atoms with Gasteiger partial charge >= 0.3 is 0 Å². The Morgan fingerprint density at radius 2 is 1.90 bits per heavy atom. The summed E-state index contributed by atoms with van der Waals surface area (Å²) in [6.45, 7) is 0.413. The van der Waals surface area contributed by atoms with Gasteiger partial charge in [0, 0.05) is 11.9 Å². The van der Waals surface area contributed by atoms with Gasteiger partial charge in [-0.2, -0.15) is 4.31 Å². The maximum atomic E-state index is 12.9. The third kappa shape index (κ3) is 2.30. The number of amidine groups is 1. The van der Waals surface area contributed by atoms with Gasteiger partial charge in [0.2, 0.25) is 10.0 Å². The minimum Gasteiger partial charge on any atom is -0.386 e. The van der Waals surface area contributed by atoms with Crippen molar-refractivity contribution in [1.82, 2.24) is 4.31 Å². The molecule has 21 heavy (non-hydrogen) atoms. The molecule has 1 atom stereocenters. The average Bonchev–Trinajstić information content (AvgIpc) is 2.97. The highest BCUT2D eigenvalue weighted by Crippen LogP contribution is 2.30. The Morgan fingerprint density at radius 1 is 1.19 bits per heavy atom. The summed E-state index contributed by atoms with van der Waals surface area (Å²) in [5.41, 5.74) is 5.55. The van der Waals surface area contributed by atoms with Crippen molar-refractivity contribution in [2.45, 2.75) is 23.8 Å². The highest BCUT2D eigenvalue weighted by Gasteiger charge is 2.37. The van der Waals surface area contributed by atoms with Gasteiger partial charge in [-0.15, -0.1) is 0 Å². The van der Waals surface area contributed by atoms with E-state index in [9.17, 15) is 8.42 Å². The number of fused-ring (bicyclic) bond motifs is 1. The van der Waals surface area contributed by atoms with E-state index in [1.54, 1.807) is 18.2 Å². The van der Waals surface area contributed by atoms with Gasteiger partial charge in [0.1, 0.15) is 5.84 Å². The molecule has 1 saturated heterocycles. The lowest BCUT2D eigenvalue weighted by atomic mass is 10.1. The van der Waals surface area contributed by atoms with E-state index in [0.29, 0.717) is 18.4 Å². The molecule has 1 unspecified atom stereocenters. The lowest BCUT2D eigenvalue weighted by Crippen LogP contribution is -2.43. The van der Waals surface area contributed by atoms with Crippen molar-refractivity contribution in [2.75, 3.05) is 6.54 Å². The van der Waals surface area contributed by atoms with Crippen LogP contribution in [0.25, 0.3) is 10.8 Å². The zero-order chi connectivity index (χ0) is 15.0. The van der Waals surface area contributed by atoms with E-state index in [1.807, 2.05) is 24.3 Å². The van der Waals surface area contributed by atoms with Gasteiger partial charge < -0.3 is 5.73 Å². The first kappa shape index (κ1) is 14.0. The fourth-order valence-corrected chi connectivity index (χ4v) is 4.78. The number of sulfonamides is 1. The van der Waals surface area contributed by atoms with Gasteiger partial charge in [0.15, 0.2) is 0 Å². The van der Waals surface area contributed by atoms with Gasteiger partial charge in [-0.05, 0) is 24.3 Å². The van der Waals surface area contributed by atoms with E-state index in [0.717, 1.165) is 11.8 Å². The SMILES string of the molecule is N=C(N)C1CCCN1S(=O)(=O)c1cccc2ccccc12. The van der Waals surface area contributed by atoms with Crippen LogP contribution in [-0.4, -0.2) is 31.1 Å². The molecule has 0 aliphatic carbocycles. The summed E-state index contributed by atoms with van der Waals surface area (Å²) in [5, 5.41) is 9.19. The molecule has 3 N–H and O–H groups in total. The van der Waals surface area contributed by atoms with E-state index in [-0.39, 0.29) is 10.7 Å². The molecule has 1 fully saturated rings. The highest BCUT2D eigenvalue weighted by atomic mass is 32.2. The van der Waals surface area contributed by atoms with Crippen molar-refractivity contribution in [3.05, 3.63) is 42.5 Å². The number of hydrogen-bond acceptors (Lipinski definition) is 3. The van der Waals surface area contributed by atoms with E-state index in [2.05, 4.69) is 0 Å². The monoisotopic (exact) mass is 303 g/mol. The quantitative estimate of drug-likeness (QED) is 0.671. The second-order valence-corrected chi connectivity index (χ2v) is 7.07. The van der Waals surface area contributed by atoms with Crippen molar-refractivity contribution >= 4 is 26.6 Å². The van der Waals surface area contributed by atoms with Gasteiger partial charge in [-0.3, -0.25) is 5.41 Å². The van der Waals surface area contributed by atoms with Gasteiger partial charge in [0.25, 0.3) is 0 Å². The lowest BCUT2D eigenvalue weighted by molar-refractivity contribution is 0.444. The summed E-state index contributed by atoms with van der Waals surface area (Å²) in [6.07, 6.45) is 1.34. The van der Waals surface area contributed by atoms with E-state index in [1.165, 1.54) is 4.31 Å². The first-order valence-electron chi connectivity index (χ1n) is 6.85.